The van der Waals surface area contributed by atoms with E-state index >= 15 is 0 Å². The summed E-state index contributed by atoms with van der Waals surface area (Å²) in [5.41, 5.74) is 0.541. The smallest absolute Gasteiger partial charge is 0.0549 e. The van der Waals surface area contributed by atoms with Gasteiger partial charge in [0.1, 0.15) is 0 Å². The summed E-state index contributed by atoms with van der Waals surface area (Å²) < 4.78 is 5.36. The number of ether oxygens (including phenoxy) is 1. The molecule has 0 spiro atoms. The molecule has 0 bridgehead atoms. The molecule has 1 saturated carbocycles. The van der Waals surface area contributed by atoms with E-state index in [0.717, 1.165) is 0 Å². The Morgan fingerprint density at radius 1 is 1.29 bits per heavy atom. The van der Waals surface area contributed by atoms with E-state index in [-0.39, 0.29) is 0 Å². The molecule has 1 atom stereocenters. The van der Waals surface area contributed by atoms with Gasteiger partial charge in [0.15, 0.2) is 0 Å². The largest absolute Gasteiger partial charge is 0.382 e. The van der Waals surface area contributed by atoms with Crippen LogP contribution in [0.5, 0.6) is 0 Å². The van der Waals surface area contributed by atoms with Crippen LogP contribution in [-0.4, -0.2) is 25.8 Å². The Morgan fingerprint density at radius 2 is 1.93 bits per heavy atom. The first-order chi connectivity index (χ1) is 6.58. The van der Waals surface area contributed by atoms with Gasteiger partial charge in [-0.1, -0.05) is 20.3 Å². The van der Waals surface area contributed by atoms with E-state index in [1.54, 1.807) is 0 Å². The quantitative estimate of drug-likeness (QED) is 0.710. The molecule has 0 amide bonds. The predicted molar refractivity (Wildman–Crippen MR) is 60.5 cm³/mol. The number of hydrogen-bond donors (Lipinski definition) is 1. The fraction of sp³-hybridized carbons (Fsp3) is 1.00. The Labute approximate surface area is 88.4 Å². The molecule has 0 heterocycles. The SMILES string of the molecule is COC(C)CC1(CNC(C)C)CCC1. The van der Waals surface area contributed by atoms with Crippen molar-refractivity contribution < 1.29 is 4.74 Å². The molecule has 1 N–H and O–H groups in total. The molecule has 2 nitrogen and oxygen atoms in total. The molecule has 14 heavy (non-hydrogen) atoms. The Hall–Kier alpha value is -0.0800. The Kier molecular flexibility index (Phi) is 4.39. The molecule has 0 aliphatic heterocycles. The van der Waals surface area contributed by atoms with Crippen LogP contribution in [0.3, 0.4) is 0 Å². The molecule has 0 aromatic heterocycles. The highest BCUT2D eigenvalue weighted by molar-refractivity contribution is 4.91. The summed E-state index contributed by atoms with van der Waals surface area (Å²) in [4.78, 5) is 0. The number of methoxy groups -OCH3 is 1. The maximum absolute atomic E-state index is 5.36. The number of hydrogen-bond acceptors (Lipinski definition) is 2. The zero-order valence-electron chi connectivity index (χ0n) is 10.1. The average Bonchev–Trinajstić information content (AvgIpc) is 2.08. The van der Waals surface area contributed by atoms with Crippen molar-refractivity contribution in [3.05, 3.63) is 0 Å². The fourth-order valence-electron chi connectivity index (χ4n) is 2.24. The van der Waals surface area contributed by atoms with E-state index < -0.39 is 0 Å². The first kappa shape index (κ1) is 12.0. The van der Waals surface area contributed by atoms with Gasteiger partial charge in [0.2, 0.25) is 0 Å². The highest BCUT2D eigenvalue weighted by Crippen LogP contribution is 2.44. The van der Waals surface area contributed by atoms with E-state index in [0.29, 0.717) is 17.6 Å². The van der Waals surface area contributed by atoms with Crippen LogP contribution in [0.15, 0.2) is 0 Å². The zero-order chi connectivity index (χ0) is 10.6. The van der Waals surface area contributed by atoms with Crippen LogP contribution in [0.25, 0.3) is 0 Å². The topological polar surface area (TPSA) is 21.3 Å². The van der Waals surface area contributed by atoms with Crippen LogP contribution in [0.2, 0.25) is 0 Å². The van der Waals surface area contributed by atoms with Crippen LogP contribution in [0.4, 0.5) is 0 Å². The summed E-state index contributed by atoms with van der Waals surface area (Å²) in [5.74, 6) is 0. The molecule has 1 fully saturated rings. The molecule has 0 aromatic carbocycles. The van der Waals surface area contributed by atoms with E-state index in [1.165, 1.54) is 32.2 Å². The van der Waals surface area contributed by atoms with Gasteiger partial charge in [0.25, 0.3) is 0 Å². The molecular weight excluding hydrogens is 174 g/mol. The van der Waals surface area contributed by atoms with E-state index in [9.17, 15) is 0 Å². The Morgan fingerprint density at radius 3 is 2.29 bits per heavy atom. The second-order valence-corrected chi connectivity index (χ2v) is 5.14. The van der Waals surface area contributed by atoms with Gasteiger partial charge in [-0.25, -0.2) is 0 Å². The van der Waals surface area contributed by atoms with Crippen LogP contribution < -0.4 is 5.32 Å². The van der Waals surface area contributed by atoms with Crippen molar-refractivity contribution in [2.24, 2.45) is 5.41 Å². The molecule has 84 valence electrons. The molecule has 0 radical (unpaired) electrons. The molecule has 1 aliphatic carbocycles. The minimum Gasteiger partial charge on any atom is -0.382 e. The Balaban J connectivity index is 2.33. The van der Waals surface area contributed by atoms with Gasteiger partial charge in [0.05, 0.1) is 6.10 Å². The van der Waals surface area contributed by atoms with Gasteiger partial charge >= 0.3 is 0 Å². The number of nitrogens with one attached hydrogen (secondary N) is 1. The van der Waals surface area contributed by atoms with Gasteiger partial charge < -0.3 is 10.1 Å². The van der Waals surface area contributed by atoms with Gasteiger partial charge in [0, 0.05) is 19.7 Å². The lowest BCUT2D eigenvalue weighted by atomic mass is 9.65. The van der Waals surface area contributed by atoms with E-state index in [2.05, 4.69) is 26.1 Å². The van der Waals surface area contributed by atoms with Crippen molar-refractivity contribution in [1.29, 1.82) is 0 Å². The second kappa shape index (κ2) is 5.13. The molecule has 0 aromatic rings. The summed E-state index contributed by atoms with van der Waals surface area (Å²) in [6.45, 7) is 7.77. The summed E-state index contributed by atoms with van der Waals surface area (Å²) in [6, 6.07) is 0.602. The van der Waals surface area contributed by atoms with Crippen LogP contribution >= 0.6 is 0 Å². The average molecular weight is 199 g/mol. The van der Waals surface area contributed by atoms with E-state index in [1.807, 2.05) is 7.11 Å². The minimum absolute atomic E-state index is 0.407. The van der Waals surface area contributed by atoms with Crippen LogP contribution in [0, 0.1) is 5.41 Å². The van der Waals surface area contributed by atoms with Crippen molar-refractivity contribution in [1.82, 2.24) is 5.32 Å². The minimum atomic E-state index is 0.407. The third-order valence-corrected chi connectivity index (χ3v) is 3.42. The van der Waals surface area contributed by atoms with Crippen molar-refractivity contribution in [2.45, 2.75) is 58.6 Å². The van der Waals surface area contributed by atoms with Crippen molar-refractivity contribution in [3.63, 3.8) is 0 Å². The molecule has 2 heteroatoms. The normalized spacial score (nSPS) is 22.1. The van der Waals surface area contributed by atoms with Crippen molar-refractivity contribution in [2.75, 3.05) is 13.7 Å². The first-order valence-electron chi connectivity index (χ1n) is 5.84. The lowest BCUT2D eigenvalue weighted by molar-refractivity contribution is 0.0222. The molecule has 0 saturated heterocycles. The van der Waals surface area contributed by atoms with Crippen LogP contribution in [-0.2, 0) is 4.74 Å². The number of rotatable bonds is 6. The van der Waals surface area contributed by atoms with Gasteiger partial charge in [-0.05, 0) is 31.6 Å². The van der Waals surface area contributed by atoms with Gasteiger partial charge in [-0.3, -0.25) is 0 Å². The zero-order valence-corrected chi connectivity index (χ0v) is 10.1. The van der Waals surface area contributed by atoms with Gasteiger partial charge in [-0.2, -0.15) is 0 Å². The molecule has 1 aliphatic rings. The summed E-state index contributed by atoms with van der Waals surface area (Å²) in [6.07, 6.45) is 5.77. The third kappa shape index (κ3) is 3.25. The standard InChI is InChI=1S/C12H25NO/c1-10(2)13-9-12(6-5-7-12)8-11(3)14-4/h10-11,13H,5-9H2,1-4H3. The maximum atomic E-state index is 5.36. The van der Waals surface area contributed by atoms with Crippen LogP contribution in [0.1, 0.15) is 46.5 Å². The lowest BCUT2D eigenvalue weighted by Gasteiger charge is -2.44. The predicted octanol–water partition coefficient (Wildman–Crippen LogP) is 2.58. The second-order valence-electron chi connectivity index (χ2n) is 5.14. The summed E-state index contributed by atoms with van der Waals surface area (Å²) >= 11 is 0. The highest BCUT2D eigenvalue weighted by Gasteiger charge is 2.37. The van der Waals surface area contributed by atoms with Crippen molar-refractivity contribution >= 4 is 0 Å². The third-order valence-electron chi connectivity index (χ3n) is 3.42. The Bertz CT molecular complexity index is 164. The monoisotopic (exact) mass is 199 g/mol. The van der Waals surface area contributed by atoms with Crippen molar-refractivity contribution in [3.8, 4) is 0 Å². The molecule has 1 unspecified atom stereocenters. The molecule has 1 rings (SSSR count). The summed E-state index contributed by atoms with van der Waals surface area (Å²) in [5, 5.41) is 3.56. The fourth-order valence-corrected chi connectivity index (χ4v) is 2.24. The highest BCUT2D eigenvalue weighted by atomic mass is 16.5. The van der Waals surface area contributed by atoms with E-state index in [4.69, 9.17) is 4.74 Å². The lowest BCUT2D eigenvalue weighted by Crippen LogP contribution is -2.44. The maximum Gasteiger partial charge on any atom is 0.0549 e. The first-order valence-corrected chi connectivity index (χ1v) is 5.84. The summed E-state index contributed by atoms with van der Waals surface area (Å²) in [7, 11) is 1.81. The van der Waals surface area contributed by atoms with Gasteiger partial charge in [-0.15, -0.1) is 0 Å². The molecular formula is C12H25NO.